The van der Waals surface area contributed by atoms with Gasteiger partial charge in [0.1, 0.15) is 5.82 Å². The van der Waals surface area contributed by atoms with Crippen LogP contribution in [0.2, 0.25) is 0 Å². The van der Waals surface area contributed by atoms with Crippen LogP contribution in [0.4, 0.5) is 24.7 Å². The molecular formula is C18H12F3N3. The summed E-state index contributed by atoms with van der Waals surface area (Å²) in [4.78, 5) is 7.50. The molecule has 0 spiro atoms. The second-order valence-corrected chi connectivity index (χ2v) is 5.51. The minimum atomic E-state index is -4.35. The normalized spacial score (nSPS) is 12.0. The number of fused-ring (bicyclic) bond motifs is 2. The molecule has 0 aliphatic heterocycles. The van der Waals surface area contributed by atoms with Crippen molar-refractivity contribution in [1.29, 1.82) is 0 Å². The SMILES string of the molecule is FC(F)(F)c1ccc2nc(Nc3ccc4cc[nH]c4c3)ccc2c1. The Hall–Kier alpha value is -3.02. The molecule has 0 radical (unpaired) electrons. The quantitative estimate of drug-likeness (QED) is 0.512. The molecule has 0 aliphatic rings. The van der Waals surface area contributed by atoms with Gasteiger partial charge in [0.15, 0.2) is 0 Å². The number of aromatic amines is 1. The summed E-state index contributed by atoms with van der Waals surface area (Å²) in [6.07, 6.45) is -2.49. The highest BCUT2D eigenvalue weighted by Crippen LogP contribution is 2.31. The van der Waals surface area contributed by atoms with Gasteiger partial charge in [-0.25, -0.2) is 4.98 Å². The predicted molar refractivity (Wildman–Crippen MR) is 88.3 cm³/mol. The highest BCUT2D eigenvalue weighted by atomic mass is 19.4. The van der Waals surface area contributed by atoms with E-state index >= 15 is 0 Å². The lowest BCUT2D eigenvalue weighted by atomic mass is 10.1. The molecule has 4 aromatic rings. The van der Waals surface area contributed by atoms with E-state index in [2.05, 4.69) is 15.3 Å². The summed E-state index contributed by atoms with van der Waals surface area (Å²) < 4.78 is 38.2. The van der Waals surface area contributed by atoms with Crippen LogP contribution in [0.1, 0.15) is 5.56 Å². The Balaban J connectivity index is 1.67. The van der Waals surface area contributed by atoms with Crippen molar-refractivity contribution in [2.45, 2.75) is 6.18 Å². The van der Waals surface area contributed by atoms with Crippen molar-refractivity contribution in [1.82, 2.24) is 9.97 Å². The molecular weight excluding hydrogens is 315 g/mol. The van der Waals surface area contributed by atoms with Gasteiger partial charge < -0.3 is 10.3 Å². The highest BCUT2D eigenvalue weighted by molar-refractivity contribution is 5.85. The fourth-order valence-electron chi connectivity index (χ4n) is 2.65. The van der Waals surface area contributed by atoms with Gasteiger partial charge in [-0.15, -0.1) is 0 Å². The number of anilines is 2. The molecule has 3 nitrogen and oxygen atoms in total. The summed E-state index contributed by atoms with van der Waals surface area (Å²) in [6.45, 7) is 0. The Kier molecular flexibility index (Phi) is 3.19. The molecule has 120 valence electrons. The Morgan fingerprint density at radius 1 is 0.875 bits per heavy atom. The van der Waals surface area contributed by atoms with E-state index < -0.39 is 11.7 Å². The van der Waals surface area contributed by atoms with Crippen molar-refractivity contribution in [3.8, 4) is 0 Å². The van der Waals surface area contributed by atoms with Crippen molar-refractivity contribution in [3.63, 3.8) is 0 Å². The zero-order valence-electron chi connectivity index (χ0n) is 12.4. The van der Waals surface area contributed by atoms with Crippen LogP contribution in [-0.2, 0) is 6.18 Å². The van der Waals surface area contributed by atoms with Gasteiger partial charge in [0.2, 0.25) is 0 Å². The number of hydrogen-bond acceptors (Lipinski definition) is 2. The van der Waals surface area contributed by atoms with Gasteiger partial charge in [0.05, 0.1) is 11.1 Å². The Morgan fingerprint density at radius 3 is 2.54 bits per heavy atom. The molecule has 2 aromatic carbocycles. The van der Waals surface area contributed by atoms with Crippen LogP contribution in [0.15, 0.2) is 60.8 Å². The maximum atomic E-state index is 12.7. The predicted octanol–water partition coefficient (Wildman–Crippen LogP) is 5.48. The van der Waals surface area contributed by atoms with Gasteiger partial charge in [-0.05, 0) is 53.9 Å². The molecule has 0 saturated carbocycles. The number of halogens is 3. The van der Waals surface area contributed by atoms with E-state index in [9.17, 15) is 13.2 Å². The molecule has 0 atom stereocenters. The molecule has 2 aromatic heterocycles. The lowest BCUT2D eigenvalue weighted by Gasteiger charge is -2.09. The van der Waals surface area contributed by atoms with Crippen molar-refractivity contribution in [2.75, 3.05) is 5.32 Å². The van der Waals surface area contributed by atoms with Gasteiger partial charge >= 0.3 is 6.18 Å². The molecule has 24 heavy (non-hydrogen) atoms. The number of hydrogen-bond donors (Lipinski definition) is 2. The third kappa shape index (κ3) is 2.67. The second-order valence-electron chi connectivity index (χ2n) is 5.51. The van der Waals surface area contributed by atoms with E-state index in [0.717, 1.165) is 28.7 Å². The molecule has 2 N–H and O–H groups in total. The minimum Gasteiger partial charge on any atom is -0.361 e. The van der Waals surface area contributed by atoms with E-state index in [0.29, 0.717) is 16.7 Å². The summed E-state index contributed by atoms with van der Waals surface area (Å²) in [6, 6.07) is 14.7. The van der Waals surface area contributed by atoms with Crippen molar-refractivity contribution >= 4 is 33.3 Å². The number of benzene rings is 2. The number of H-pyrrole nitrogens is 1. The molecule has 6 heteroatoms. The first-order chi connectivity index (χ1) is 11.5. The summed E-state index contributed by atoms with van der Waals surface area (Å²) in [5.74, 6) is 0.577. The number of alkyl halides is 3. The van der Waals surface area contributed by atoms with Crippen LogP contribution in [-0.4, -0.2) is 9.97 Å². The fourth-order valence-corrected chi connectivity index (χ4v) is 2.65. The Morgan fingerprint density at radius 2 is 1.71 bits per heavy atom. The number of nitrogens with one attached hydrogen (secondary N) is 2. The van der Waals surface area contributed by atoms with Gasteiger partial charge in [0.25, 0.3) is 0 Å². The molecule has 2 heterocycles. The van der Waals surface area contributed by atoms with E-state index in [1.54, 1.807) is 12.1 Å². The van der Waals surface area contributed by atoms with Crippen molar-refractivity contribution in [3.05, 3.63) is 66.4 Å². The third-order valence-electron chi connectivity index (χ3n) is 3.84. The third-order valence-corrected chi connectivity index (χ3v) is 3.84. The van der Waals surface area contributed by atoms with Crippen LogP contribution in [0.3, 0.4) is 0 Å². The fraction of sp³-hybridized carbons (Fsp3) is 0.0556. The summed E-state index contributed by atoms with van der Waals surface area (Å²) in [5.41, 5.74) is 1.68. The van der Waals surface area contributed by atoms with Crippen LogP contribution >= 0.6 is 0 Å². The minimum absolute atomic E-state index is 0.454. The van der Waals surface area contributed by atoms with Gasteiger partial charge in [-0.3, -0.25) is 0 Å². The summed E-state index contributed by atoms with van der Waals surface area (Å²) in [7, 11) is 0. The largest absolute Gasteiger partial charge is 0.416 e. The zero-order valence-corrected chi connectivity index (χ0v) is 12.4. The van der Waals surface area contributed by atoms with Crippen molar-refractivity contribution < 1.29 is 13.2 Å². The van der Waals surface area contributed by atoms with Gasteiger partial charge in [-0.1, -0.05) is 6.07 Å². The lowest BCUT2D eigenvalue weighted by Crippen LogP contribution is -2.04. The molecule has 4 rings (SSSR count). The summed E-state index contributed by atoms with van der Waals surface area (Å²) in [5, 5.41) is 4.73. The Labute approximate surface area is 135 Å². The first kappa shape index (κ1) is 14.6. The second kappa shape index (κ2) is 5.26. The average molecular weight is 327 g/mol. The van der Waals surface area contributed by atoms with E-state index in [-0.39, 0.29) is 0 Å². The van der Waals surface area contributed by atoms with Crippen molar-refractivity contribution in [2.24, 2.45) is 0 Å². The van der Waals surface area contributed by atoms with Crippen LogP contribution in [0.25, 0.3) is 21.8 Å². The molecule has 0 unspecified atom stereocenters. The summed E-state index contributed by atoms with van der Waals surface area (Å²) >= 11 is 0. The molecule has 0 saturated heterocycles. The van der Waals surface area contributed by atoms with E-state index in [1.165, 1.54) is 6.07 Å². The molecule has 0 bridgehead atoms. The zero-order chi connectivity index (χ0) is 16.7. The number of nitrogens with zero attached hydrogens (tertiary/aromatic N) is 1. The molecule has 0 amide bonds. The van der Waals surface area contributed by atoms with E-state index in [4.69, 9.17) is 0 Å². The topological polar surface area (TPSA) is 40.7 Å². The number of aromatic nitrogens is 2. The van der Waals surface area contributed by atoms with Crippen LogP contribution < -0.4 is 5.32 Å². The number of rotatable bonds is 2. The first-order valence-electron chi connectivity index (χ1n) is 7.31. The highest BCUT2D eigenvalue weighted by Gasteiger charge is 2.30. The molecule has 0 aliphatic carbocycles. The van der Waals surface area contributed by atoms with Crippen LogP contribution in [0.5, 0.6) is 0 Å². The van der Waals surface area contributed by atoms with Gasteiger partial charge in [-0.2, -0.15) is 13.2 Å². The number of pyridine rings is 1. The average Bonchev–Trinajstić information content (AvgIpc) is 3.01. The maximum absolute atomic E-state index is 12.7. The maximum Gasteiger partial charge on any atom is 0.416 e. The molecule has 0 fully saturated rings. The smallest absolute Gasteiger partial charge is 0.361 e. The standard InChI is InChI=1S/C18H12F3N3/c19-18(20,21)13-3-5-15-12(9-13)2-6-17(24-15)23-14-4-1-11-7-8-22-16(11)10-14/h1-10,22H,(H,23,24). The van der Waals surface area contributed by atoms with Crippen LogP contribution in [0, 0.1) is 0 Å². The van der Waals surface area contributed by atoms with Gasteiger partial charge in [0, 0.05) is 22.8 Å². The Bertz CT molecular complexity index is 1030. The van der Waals surface area contributed by atoms with E-state index in [1.807, 2.05) is 30.5 Å². The monoisotopic (exact) mass is 327 g/mol. The lowest BCUT2D eigenvalue weighted by molar-refractivity contribution is -0.137. The first-order valence-corrected chi connectivity index (χ1v) is 7.31.